The molecule has 30 heavy (non-hydrogen) atoms. The molecule has 1 aromatic rings. The number of aryl methyl sites for hydroxylation is 1. The van der Waals surface area contributed by atoms with Gasteiger partial charge in [-0.1, -0.05) is 13.8 Å². The van der Waals surface area contributed by atoms with Crippen LogP contribution in [0.5, 0.6) is 11.5 Å². The van der Waals surface area contributed by atoms with E-state index in [2.05, 4.69) is 0 Å². The maximum atomic E-state index is 12.6. The molecule has 2 rings (SSSR count). The summed E-state index contributed by atoms with van der Waals surface area (Å²) in [5, 5.41) is 0. The van der Waals surface area contributed by atoms with Gasteiger partial charge in [-0.2, -0.15) is 0 Å². The summed E-state index contributed by atoms with van der Waals surface area (Å²) in [6, 6.07) is 3.40. The van der Waals surface area contributed by atoms with Gasteiger partial charge >= 0.3 is 12.1 Å². The zero-order valence-corrected chi connectivity index (χ0v) is 18.9. The third kappa shape index (κ3) is 6.54. The van der Waals surface area contributed by atoms with Crippen LogP contribution in [0.1, 0.15) is 50.7 Å². The van der Waals surface area contributed by atoms with E-state index in [0.29, 0.717) is 32.6 Å². The van der Waals surface area contributed by atoms with Crippen molar-refractivity contribution in [2.75, 3.05) is 34.0 Å². The van der Waals surface area contributed by atoms with Crippen molar-refractivity contribution in [3.63, 3.8) is 0 Å². The summed E-state index contributed by atoms with van der Waals surface area (Å²) in [7, 11) is 3.27. The van der Waals surface area contributed by atoms with Crippen molar-refractivity contribution in [3.8, 4) is 11.5 Å². The number of methoxy groups -OCH3 is 2. The quantitative estimate of drug-likeness (QED) is 0.441. The molecule has 1 amide bonds. The lowest BCUT2D eigenvalue weighted by Gasteiger charge is -2.33. The van der Waals surface area contributed by atoms with Crippen LogP contribution in [0.4, 0.5) is 4.79 Å². The number of hydrogen-bond donors (Lipinski definition) is 0. The summed E-state index contributed by atoms with van der Waals surface area (Å²) in [6.45, 7) is 7.08. The molecule has 1 saturated heterocycles. The molecule has 168 valence electrons. The fourth-order valence-electron chi connectivity index (χ4n) is 3.55. The van der Waals surface area contributed by atoms with Gasteiger partial charge in [0.1, 0.15) is 17.5 Å². The van der Waals surface area contributed by atoms with E-state index < -0.39 is 12.1 Å². The Balaban J connectivity index is 1.86. The van der Waals surface area contributed by atoms with Gasteiger partial charge in [0.15, 0.2) is 0 Å². The van der Waals surface area contributed by atoms with Gasteiger partial charge < -0.3 is 18.9 Å². The predicted octanol–water partition coefficient (Wildman–Crippen LogP) is 4.14. The van der Waals surface area contributed by atoms with E-state index in [9.17, 15) is 9.59 Å². The molecule has 1 atom stereocenters. The molecule has 7 heteroatoms. The smallest absolute Gasteiger partial charge is 0.410 e. The standard InChI is InChI=1S/C23H35NO6/c1-16(2)15-30-23(26)24-11-7-6-10-19(24)22(25)29-12-8-9-18-13-20(27-4)17(3)21(14-18)28-5/h13-14,16,19H,6-12,15H2,1-5H3. The lowest BCUT2D eigenvalue weighted by Crippen LogP contribution is -2.49. The number of carbonyl (C=O) groups excluding carboxylic acids is 2. The van der Waals surface area contributed by atoms with Crippen LogP contribution in [0.25, 0.3) is 0 Å². The number of nitrogens with zero attached hydrogens (tertiary/aromatic N) is 1. The van der Waals surface area contributed by atoms with Gasteiger partial charge in [-0.05, 0) is 62.6 Å². The molecule has 0 N–H and O–H groups in total. The molecule has 1 aromatic carbocycles. The molecule has 0 spiro atoms. The van der Waals surface area contributed by atoms with Crippen LogP contribution in [0.2, 0.25) is 0 Å². The van der Waals surface area contributed by atoms with Gasteiger partial charge in [0, 0.05) is 12.1 Å². The molecule has 1 aliphatic heterocycles. The Morgan fingerprint density at radius 3 is 2.37 bits per heavy atom. The first-order chi connectivity index (χ1) is 14.4. The van der Waals surface area contributed by atoms with Gasteiger partial charge in [-0.3, -0.25) is 4.90 Å². The zero-order valence-electron chi connectivity index (χ0n) is 18.9. The van der Waals surface area contributed by atoms with Crippen molar-refractivity contribution in [3.05, 3.63) is 23.3 Å². The summed E-state index contributed by atoms with van der Waals surface area (Å²) in [5.41, 5.74) is 2.01. The Labute approximate surface area is 179 Å². The first-order valence-electron chi connectivity index (χ1n) is 10.7. The second-order valence-corrected chi connectivity index (χ2v) is 8.07. The molecule has 0 saturated carbocycles. The Bertz CT molecular complexity index is 693. The highest BCUT2D eigenvalue weighted by atomic mass is 16.6. The monoisotopic (exact) mass is 421 g/mol. The van der Waals surface area contributed by atoms with Gasteiger partial charge in [-0.15, -0.1) is 0 Å². The van der Waals surface area contributed by atoms with Crippen LogP contribution in [-0.4, -0.2) is 57.0 Å². The van der Waals surface area contributed by atoms with Crippen molar-refractivity contribution in [2.24, 2.45) is 5.92 Å². The lowest BCUT2D eigenvalue weighted by atomic mass is 10.0. The number of amides is 1. The molecule has 1 heterocycles. The number of benzene rings is 1. The van der Waals surface area contributed by atoms with Crippen molar-refractivity contribution in [1.82, 2.24) is 4.90 Å². The topological polar surface area (TPSA) is 74.3 Å². The first kappa shape index (κ1) is 23.8. The van der Waals surface area contributed by atoms with Gasteiger partial charge in [0.05, 0.1) is 27.4 Å². The minimum Gasteiger partial charge on any atom is -0.496 e. The van der Waals surface area contributed by atoms with E-state index in [1.54, 1.807) is 14.2 Å². The average molecular weight is 422 g/mol. The molecule has 1 unspecified atom stereocenters. The first-order valence-corrected chi connectivity index (χ1v) is 10.7. The van der Waals surface area contributed by atoms with Crippen molar-refractivity contribution >= 4 is 12.1 Å². The van der Waals surface area contributed by atoms with Crippen molar-refractivity contribution < 1.29 is 28.5 Å². The number of rotatable bonds is 9. The van der Waals surface area contributed by atoms with E-state index in [0.717, 1.165) is 41.9 Å². The lowest BCUT2D eigenvalue weighted by molar-refractivity contribution is -0.150. The van der Waals surface area contributed by atoms with Crippen LogP contribution in [-0.2, 0) is 20.7 Å². The molecule has 0 radical (unpaired) electrons. The van der Waals surface area contributed by atoms with Crippen LogP contribution < -0.4 is 9.47 Å². The molecular weight excluding hydrogens is 386 g/mol. The summed E-state index contributed by atoms with van der Waals surface area (Å²) in [5.74, 6) is 1.46. The third-order valence-electron chi connectivity index (χ3n) is 5.22. The summed E-state index contributed by atoms with van der Waals surface area (Å²) < 4.78 is 21.6. The molecule has 7 nitrogen and oxygen atoms in total. The highest BCUT2D eigenvalue weighted by molar-refractivity contribution is 5.81. The molecule has 0 aliphatic carbocycles. The normalized spacial score (nSPS) is 16.3. The van der Waals surface area contributed by atoms with Gasteiger partial charge in [0.25, 0.3) is 0 Å². The van der Waals surface area contributed by atoms with Gasteiger partial charge in [-0.25, -0.2) is 9.59 Å². The Kier molecular flexibility index (Phi) is 9.27. The van der Waals surface area contributed by atoms with Crippen molar-refractivity contribution in [1.29, 1.82) is 0 Å². The predicted molar refractivity (Wildman–Crippen MR) is 114 cm³/mol. The van der Waals surface area contributed by atoms with E-state index >= 15 is 0 Å². The fraction of sp³-hybridized carbons (Fsp3) is 0.652. The SMILES string of the molecule is COc1cc(CCCOC(=O)C2CCCCN2C(=O)OCC(C)C)cc(OC)c1C. The highest BCUT2D eigenvalue weighted by Crippen LogP contribution is 2.30. The third-order valence-corrected chi connectivity index (χ3v) is 5.22. The minimum absolute atomic E-state index is 0.253. The van der Waals surface area contributed by atoms with Crippen LogP contribution in [0, 0.1) is 12.8 Å². The van der Waals surface area contributed by atoms with E-state index in [1.807, 2.05) is 32.9 Å². The number of carbonyl (C=O) groups is 2. The van der Waals surface area contributed by atoms with Crippen LogP contribution in [0.15, 0.2) is 12.1 Å². The molecule has 1 fully saturated rings. The highest BCUT2D eigenvalue weighted by Gasteiger charge is 2.34. The maximum absolute atomic E-state index is 12.6. The fourth-order valence-corrected chi connectivity index (χ4v) is 3.55. The van der Waals surface area contributed by atoms with E-state index in [4.69, 9.17) is 18.9 Å². The second kappa shape index (κ2) is 11.7. The number of likely N-dealkylation sites (tertiary alicyclic amines) is 1. The molecular formula is C23H35NO6. The zero-order chi connectivity index (χ0) is 22.1. The number of ether oxygens (including phenoxy) is 4. The number of hydrogen-bond acceptors (Lipinski definition) is 6. The van der Waals surface area contributed by atoms with Crippen LogP contribution in [0.3, 0.4) is 0 Å². The Morgan fingerprint density at radius 1 is 1.10 bits per heavy atom. The van der Waals surface area contributed by atoms with E-state index in [1.165, 1.54) is 4.90 Å². The minimum atomic E-state index is -0.557. The number of piperidine rings is 1. The molecule has 1 aliphatic rings. The number of esters is 1. The largest absolute Gasteiger partial charge is 0.496 e. The summed E-state index contributed by atoms with van der Waals surface area (Å²) >= 11 is 0. The Morgan fingerprint density at radius 2 is 1.77 bits per heavy atom. The molecule has 0 aromatic heterocycles. The van der Waals surface area contributed by atoms with Crippen LogP contribution >= 0.6 is 0 Å². The molecule has 0 bridgehead atoms. The van der Waals surface area contributed by atoms with Gasteiger partial charge in [0.2, 0.25) is 0 Å². The second-order valence-electron chi connectivity index (χ2n) is 8.07. The Hall–Kier alpha value is -2.44. The van der Waals surface area contributed by atoms with Crippen molar-refractivity contribution in [2.45, 2.75) is 58.9 Å². The summed E-state index contributed by atoms with van der Waals surface area (Å²) in [4.78, 5) is 26.5. The average Bonchev–Trinajstić information content (AvgIpc) is 2.75. The van der Waals surface area contributed by atoms with E-state index in [-0.39, 0.29) is 11.9 Å². The maximum Gasteiger partial charge on any atom is 0.410 e. The summed E-state index contributed by atoms with van der Waals surface area (Å²) in [6.07, 6.45) is 3.36.